The third-order valence-electron chi connectivity index (χ3n) is 2.68. The summed E-state index contributed by atoms with van der Waals surface area (Å²) in [6.45, 7) is 5.42. The lowest BCUT2D eigenvalue weighted by atomic mass is 10.2. The van der Waals surface area contributed by atoms with Gasteiger partial charge in [-0.15, -0.1) is 11.3 Å². The maximum Gasteiger partial charge on any atom is 0.0939 e. The molecule has 0 bridgehead atoms. The van der Waals surface area contributed by atoms with Crippen LogP contribution in [0.3, 0.4) is 0 Å². The number of nitrogens with zero attached hydrogens (tertiary/aromatic N) is 1. The van der Waals surface area contributed by atoms with Gasteiger partial charge in [-0.05, 0) is 32.0 Å². The molecule has 2 nitrogen and oxygen atoms in total. The summed E-state index contributed by atoms with van der Waals surface area (Å²) in [6.07, 6.45) is 2.24. The quantitative estimate of drug-likeness (QED) is 0.859. The van der Waals surface area contributed by atoms with E-state index in [2.05, 4.69) is 42.3 Å². The first-order valence-corrected chi connectivity index (χ1v) is 6.69. The number of nitrogens with one attached hydrogen (secondary N) is 1. The molecule has 0 radical (unpaired) electrons. The summed E-state index contributed by atoms with van der Waals surface area (Å²) in [6, 6.07) is 8.93. The highest BCUT2D eigenvalue weighted by atomic mass is 32.1. The minimum Gasteiger partial charge on any atom is -0.315 e. The van der Waals surface area contributed by atoms with Gasteiger partial charge in [0.2, 0.25) is 0 Å². The van der Waals surface area contributed by atoms with E-state index < -0.39 is 0 Å². The Kier molecular flexibility index (Phi) is 3.91. The second-order valence-electron chi connectivity index (χ2n) is 4.07. The van der Waals surface area contributed by atoms with Crippen molar-refractivity contribution in [3.05, 3.63) is 29.3 Å². The predicted molar refractivity (Wildman–Crippen MR) is 71.1 cm³/mol. The lowest BCUT2D eigenvalue weighted by Gasteiger charge is -2.10. The summed E-state index contributed by atoms with van der Waals surface area (Å²) in [7, 11) is 0. The Morgan fingerprint density at radius 2 is 2.19 bits per heavy atom. The molecule has 0 saturated heterocycles. The van der Waals surface area contributed by atoms with E-state index in [9.17, 15) is 0 Å². The van der Waals surface area contributed by atoms with Crippen molar-refractivity contribution >= 4 is 21.6 Å². The first-order valence-electron chi connectivity index (χ1n) is 5.87. The smallest absolute Gasteiger partial charge is 0.0939 e. The van der Waals surface area contributed by atoms with Crippen molar-refractivity contribution in [3.63, 3.8) is 0 Å². The molecule has 0 amide bonds. The lowest BCUT2D eigenvalue weighted by Crippen LogP contribution is -2.25. The average Bonchev–Trinajstić information content (AvgIpc) is 2.69. The molecule has 3 heteroatoms. The van der Waals surface area contributed by atoms with E-state index in [-0.39, 0.29) is 0 Å². The second kappa shape index (κ2) is 5.41. The molecule has 1 N–H and O–H groups in total. The zero-order chi connectivity index (χ0) is 11.4. The van der Waals surface area contributed by atoms with Crippen molar-refractivity contribution in [2.24, 2.45) is 0 Å². The first kappa shape index (κ1) is 11.6. The molecule has 86 valence electrons. The molecule has 0 saturated carbocycles. The van der Waals surface area contributed by atoms with Crippen LogP contribution in [0.25, 0.3) is 10.2 Å². The molecule has 16 heavy (non-hydrogen) atoms. The van der Waals surface area contributed by atoms with Crippen LogP contribution in [0.2, 0.25) is 0 Å². The van der Waals surface area contributed by atoms with Gasteiger partial charge < -0.3 is 5.32 Å². The number of aryl methyl sites for hydroxylation is 1. The van der Waals surface area contributed by atoms with E-state index in [1.807, 2.05) is 17.4 Å². The minimum absolute atomic E-state index is 0.581. The van der Waals surface area contributed by atoms with Gasteiger partial charge in [0.15, 0.2) is 0 Å². The van der Waals surface area contributed by atoms with Gasteiger partial charge in [0, 0.05) is 12.5 Å². The van der Waals surface area contributed by atoms with Crippen LogP contribution >= 0.6 is 11.3 Å². The van der Waals surface area contributed by atoms with Gasteiger partial charge in [0.05, 0.1) is 15.2 Å². The Labute approximate surface area is 101 Å². The summed E-state index contributed by atoms with van der Waals surface area (Å²) in [4.78, 5) is 4.64. The van der Waals surface area contributed by atoms with Gasteiger partial charge in [-0.2, -0.15) is 0 Å². The number of rotatable bonds is 5. The van der Waals surface area contributed by atoms with Crippen molar-refractivity contribution < 1.29 is 0 Å². The van der Waals surface area contributed by atoms with Gasteiger partial charge >= 0.3 is 0 Å². The van der Waals surface area contributed by atoms with Crippen LogP contribution in [0.4, 0.5) is 0 Å². The van der Waals surface area contributed by atoms with Crippen LogP contribution in [0.1, 0.15) is 25.3 Å². The van der Waals surface area contributed by atoms with E-state index in [1.165, 1.54) is 9.71 Å². The molecular formula is C13H18N2S. The SMILES string of the molecule is CCNC(C)CCc1nc2ccccc2s1. The Hall–Kier alpha value is -0.930. The number of hydrogen-bond donors (Lipinski definition) is 1. The molecule has 1 aromatic heterocycles. The number of hydrogen-bond acceptors (Lipinski definition) is 3. The zero-order valence-electron chi connectivity index (χ0n) is 9.86. The summed E-state index contributed by atoms with van der Waals surface area (Å²) < 4.78 is 1.30. The van der Waals surface area contributed by atoms with Crippen molar-refractivity contribution in [1.82, 2.24) is 10.3 Å². The molecule has 0 aliphatic heterocycles. The van der Waals surface area contributed by atoms with Crippen LogP contribution < -0.4 is 5.32 Å². The van der Waals surface area contributed by atoms with E-state index >= 15 is 0 Å². The third-order valence-corrected chi connectivity index (χ3v) is 3.78. The molecule has 0 fully saturated rings. The summed E-state index contributed by atoms with van der Waals surface area (Å²) in [5.41, 5.74) is 1.14. The standard InChI is InChI=1S/C13H18N2S/c1-3-14-10(2)8-9-13-15-11-6-4-5-7-12(11)16-13/h4-7,10,14H,3,8-9H2,1-2H3. The largest absolute Gasteiger partial charge is 0.315 e. The van der Waals surface area contributed by atoms with Gasteiger partial charge in [0.25, 0.3) is 0 Å². The predicted octanol–water partition coefficient (Wildman–Crippen LogP) is 3.23. The third kappa shape index (κ3) is 2.80. The fourth-order valence-corrected chi connectivity index (χ4v) is 2.80. The summed E-state index contributed by atoms with van der Waals surface area (Å²) >= 11 is 1.82. The minimum atomic E-state index is 0.581. The van der Waals surface area contributed by atoms with Gasteiger partial charge in [-0.1, -0.05) is 19.1 Å². The molecule has 1 heterocycles. The van der Waals surface area contributed by atoms with Gasteiger partial charge in [-0.25, -0.2) is 4.98 Å². The van der Waals surface area contributed by atoms with Gasteiger partial charge in [0.1, 0.15) is 0 Å². The van der Waals surface area contributed by atoms with Crippen LogP contribution in [0.15, 0.2) is 24.3 Å². The average molecular weight is 234 g/mol. The Morgan fingerprint density at radius 3 is 2.94 bits per heavy atom. The van der Waals surface area contributed by atoms with Crippen LogP contribution in [-0.4, -0.2) is 17.6 Å². The molecule has 0 spiro atoms. The zero-order valence-corrected chi connectivity index (χ0v) is 10.7. The van der Waals surface area contributed by atoms with E-state index in [0.29, 0.717) is 6.04 Å². The number of aromatic nitrogens is 1. The molecule has 0 aliphatic rings. The maximum atomic E-state index is 4.64. The van der Waals surface area contributed by atoms with Crippen LogP contribution in [-0.2, 0) is 6.42 Å². The van der Waals surface area contributed by atoms with Gasteiger partial charge in [-0.3, -0.25) is 0 Å². The van der Waals surface area contributed by atoms with Crippen molar-refractivity contribution in [3.8, 4) is 0 Å². The summed E-state index contributed by atoms with van der Waals surface area (Å²) in [5.74, 6) is 0. The molecule has 2 aromatic rings. The number of thiazole rings is 1. The molecular weight excluding hydrogens is 216 g/mol. The van der Waals surface area contributed by atoms with Crippen LogP contribution in [0, 0.1) is 0 Å². The Bertz CT molecular complexity index is 417. The molecule has 1 atom stereocenters. The molecule has 2 rings (SSSR count). The number of fused-ring (bicyclic) bond motifs is 1. The fourth-order valence-electron chi connectivity index (χ4n) is 1.82. The normalized spacial score (nSPS) is 13.1. The topological polar surface area (TPSA) is 24.9 Å². The highest BCUT2D eigenvalue weighted by Crippen LogP contribution is 2.22. The Morgan fingerprint density at radius 1 is 1.38 bits per heavy atom. The van der Waals surface area contributed by atoms with E-state index in [4.69, 9.17) is 0 Å². The molecule has 1 aromatic carbocycles. The van der Waals surface area contributed by atoms with Crippen molar-refractivity contribution in [1.29, 1.82) is 0 Å². The van der Waals surface area contributed by atoms with E-state index in [0.717, 1.165) is 24.9 Å². The molecule has 1 unspecified atom stereocenters. The lowest BCUT2D eigenvalue weighted by molar-refractivity contribution is 0.530. The highest BCUT2D eigenvalue weighted by Gasteiger charge is 2.05. The van der Waals surface area contributed by atoms with Crippen molar-refractivity contribution in [2.75, 3.05) is 6.54 Å². The van der Waals surface area contributed by atoms with Crippen molar-refractivity contribution in [2.45, 2.75) is 32.7 Å². The van der Waals surface area contributed by atoms with Crippen LogP contribution in [0.5, 0.6) is 0 Å². The number of para-hydroxylation sites is 1. The first-order chi connectivity index (χ1) is 7.79. The second-order valence-corrected chi connectivity index (χ2v) is 5.19. The number of benzene rings is 1. The highest BCUT2D eigenvalue weighted by molar-refractivity contribution is 7.18. The summed E-state index contributed by atoms with van der Waals surface area (Å²) in [5, 5.41) is 4.68. The van der Waals surface area contributed by atoms with E-state index in [1.54, 1.807) is 0 Å². The monoisotopic (exact) mass is 234 g/mol. The maximum absolute atomic E-state index is 4.64. The fraction of sp³-hybridized carbons (Fsp3) is 0.462. The molecule has 0 aliphatic carbocycles. The Balaban J connectivity index is 1.99.